The second-order valence-electron chi connectivity index (χ2n) is 5.13. The summed E-state index contributed by atoms with van der Waals surface area (Å²) in [6, 6.07) is 20.7. The van der Waals surface area contributed by atoms with Gasteiger partial charge in [-0.05, 0) is 49.1 Å². The van der Waals surface area contributed by atoms with Crippen molar-refractivity contribution in [1.82, 2.24) is 0 Å². The lowest BCUT2D eigenvalue weighted by Gasteiger charge is -2.02. The van der Waals surface area contributed by atoms with Crippen molar-refractivity contribution in [2.45, 2.75) is 24.7 Å². The summed E-state index contributed by atoms with van der Waals surface area (Å²) in [5, 5.41) is 11.7. The fourth-order valence-corrected chi connectivity index (χ4v) is 3.45. The molecule has 2 rings (SSSR count). The number of aryl methyl sites for hydroxylation is 1. The number of rotatable bonds is 7. The van der Waals surface area contributed by atoms with E-state index < -0.39 is 0 Å². The number of hydrogen-bond acceptors (Lipinski definition) is 4. The summed E-state index contributed by atoms with van der Waals surface area (Å²) in [4.78, 5) is 5.93. The molecule has 0 heterocycles. The average Bonchev–Trinajstić information content (AvgIpc) is 2.61. The Morgan fingerprint density at radius 1 is 1.12 bits per heavy atom. The molecule has 2 aromatic rings. The Hall–Kier alpha value is -1.96. The second-order valence-corrected chi connectivity index (χ2v) is 7.22. The minimum absolute atomic E-state index is 0.591. The first-order valence-corrected chi connectivity index (χ1v) is 9.68. The van der Waals surface area contributed by atoms with Crippen LogP contribution < -0.4 is 0 Å². The van der Waals surface area contributed by atoms with Crippen molar-refractivity contribution in [3.63, 3.8) is 0 Å². The topological polar surface area (TPSA) is 36.1 Å². The molecule has 0 aliphatic rings. The van der Waals surface area contributed by atoms with Crippen molar-refractivity contribution in [3.05, 3.63) is 71.6 Å². The lowest BCUT2D eigenvalue weighted by Crippen LogP contribution is -1.89. The number of nitriles is 1. The van der Waals surface area contributed by atoms with Gasteiger partial charge in [0.05, 0.1) is 16.8 Å². The first-order chi connectivity index (χ1) is 11.8. The number of unbranched alkanes of at least 4 members (excludes halogenated alkanes) is 1. The van der Waals surface area contributed by atoms with Crippen molar-refractivity contribution in [1.29, 1.82) is 5.26 Å². The first-order valence-electron chi connectivity index (χ1n) is 7.81. The summed E-state index contributed by atoms with van der Waals surface area (Å²) in [6.07, 6.45) is 3.52. The standard InChI is InChI=1S/C20H20N2S2/c1-17-9-11-18(12-10-17)22-20(24-15-6-5-14-21)13-16-23-19-7-3-2-4-8-19/h2-4,7-13,16H,5-6,15H2,1H3. The summed E-state index contributed by atoms with van der Waals surface area (Å²) >= 11 is 3.37. The van der Waals surface area contributed by atoms with Gasteiger partial charge in [-0.15, -0.1) is 11.8 Å². The van der Waals surface area contributed by atoms with Crippen molar-refractivity contribution in [3.8, 4) is 6.07 Å². The Bertz CT molecular complexity index is 714. The Morgan fingerprint density at radius 3 is 2.58 bits per heavy atom. The van der Waals surface area contributed by atoms with E-state index in [9.17, 15) is 0 Å². The van der Waals surface area contributed by atoms with Crippen molar-refractivity contribution in [2.24, 2.45) is 4.99 Å². The monoisotopic (exact) mass is 352 g/mol. The lowest BCUT2D eigenvalue weighted by atomic mass is 10.2. The van der Waals surface area contributed by atoms with Gasteiger partial charge in [0.15, 0.2) is 0 Å². The molecule has 0 bridgehead atoms. The first kappa shape index (κ1) is 18.4. The molecule has 0 aromatic heterocycles. The molecule has 0 atom stereocenters. The van der Waals surface area contributed by atoms with Crippen LogP contribution in [0.1, 0.15) is 18.4 Å². The van der Waals surface area contributed by atoms with E-state index in [2.05, 4.69) is 48.7 Å². The summed E-state index contributed by atoms with van der Waals surface area (Å²) < 4.78 is 0. The molecule has 0 saturated heterocycles. The maximum atomic E-state index is 8.65. The predicted molar refractivity (Wildman–Crippen MR) is 107 cm³/mol. The van der Waals surface area contributed by atoms with Gasteiger partial charge >= 0.3 is 0 Å². The smallest absolute Gasteiger partial charge is 0.0972 e. The van der Waals surface area contributed by atoms with Crippen molar-refractivity contribution in [2.75, 3.05) is 5.75 Å². The molecule has 0 N–H and O–H groups in total. The van der Waals surface area contributed by atoms with Crippen LogP contribution in [0.4, 0.5) is 5.69 Å². The van der Waals surface area contributed by atoms with Crippen LogP contribution in [-0.2, 0) is 0 Å². The second kappa shape index (κ2) is 10.7. The molecule has 0 fully saturated rings. The summed E-state index contributed by atoms with van der Waals surface area (Å²) in [6.45, 7) is 2.07. The van der Waals surface area contributed by atoms with Gasteiger partial charge in [0.2, 0.25) is 0 Å². The number of nitrogens with zero attached hydrogens (tertiary/aromatic N) is 2. The zero-order valence-electron chi connectivity index (χ0n) is 13.7. The van der Waals surface area contributed by atoms with Crippen LogP contribution in [0.3, 0.4) is 0 Å². The van der Waals surface area contributed by atoms with Gasteiger partial charge in [0.25, 0.3) is 0 Å². The van der Waals surface area contributed by atoms with E-state index in [-0.39, 0.29) is 0 Å². The zero-order valence-corrected chi connectivity index (χ0v) is 15.3. The van der Waals surface area contributed by atoms with E-state index >= 15 is 0 Å². The molecule has 0 spiro atoms. The van der Waals surface area contributed by atoms with E-state index in [1.165, 1.54) is 10.5 Å². The van der Waals surface area contributed by atoms with Gasteiger partial charge < -0.3 is 0 Å². The van der Waals surface area contributed by atoms with Crippen LogP contribution in [0.25, 0.3) is 0 Å². The van der Waals surface area contributed by atoms with Gasteiger partial charge in [0.1, 0.15) is 0 Å². The normalized spacial score (nSPS) is 11.6. The highest BCUT2D eigenvalue weighted by atomic mass is 32.2. The van der Waals surface area contributed by atoms with Gasteiger partial charge in [0, 0.05) is 17.1 Å². The maximum Gasteiger partial charge on any atom is 0.0972 e. The van der Waals surface area contributed by atoms with Gasteiger partial charge in [-0.25, -0.2) is 4.99 Å². The number of hydrogen-bond donors (Lipinski definition) is 0. The summed E-state index contributed by atoms with van der Waals surface area (Å²) in [7, 11) is 0. The molecule has 2 aromatic carbocycles. The molecular weight excluding hydrogens is 332 g/mol. The van der Waals surface area contributed by atoms with E-state index in [1.54, 1.807) is 23.5 Å². The van der Waals surface area contributed by atoms with Crippen molar-refractivity contribution < 1.29 is 0 Å². The molecule has 24 heavy (non-hydrogen) atoms. The highest BCUT2D eigenvalue weighted by Gasteiger charge is 1.99. The average molecular weight is 353 g/mol. The fraction of sp³-hybridized carbons (Fsp3) is 0.200. The summed E-state index contributed by atoms with van der Waals surface area (Å²) in [5.41, 5.74) is 2.19. The predicted octanol–water partition coefficient (Wildman–Crippen LogP) is 6.37. The van der Waals surface area contributed by atoms with Gasteiger partial charge in [-0.2, -0.15) is 5.26 Å². The third-order valence-electron chi connectivity index (χ3n) is 3.11. The number of aliphatic imine (C=N–C) groups is 1. The molecular formula is C20H20N2S2. The van der Waals surface area contributed by atoms with Crippen LogP contribution in [0, 0.1) is 18.3 Å². The third-order valence-corrected chi connectivity index (χ3v) is 4.95. The van der Waals surface area contributed by atoms with Gasteiger partial charge in [-0.3, -0.25) is 0 Å². The van der Waals surface area contributed by atoms with E-state index in [0.717, 1.165) is 22.9 Å². The third kappa shape index (κ3) is 7.08. The number of thioether (sulfide) groups is 2. The highest BCUT2D eigenvalue weighted by molar-refractivity contribution is 8.14. The maximum absolute atomic E-state index is 8.65. The van der Waals surface area contributed by atoms with Crippen LogP contribution in [-0.4, -0.2) is 10.8 Å². The minimum Gasteiger partial charge on any atom is -0.242 e. The Morgan fingerprint density at radius 2 is 1.88 bits per heavy atom. The minimum atomic E-state index is 0.591. The van der Waals surface area contributed by atoms with Crippen LogP contribution >= 0.6 is 23.5 Å². The molecule has 0 unspecified atom stereocenters. The molecule has 0 amide bonds. The Labute approximate surface area is 152 Å². The molecule has 0 saturated carbocycles. The fourth-order valence-electron chi connectivity index (χ4n) is 1.86. The zero-order chi connectivity index (χ0) is 17.0. The molecule has 122 valence electrons. The van der Waals surface area contributed by atoms with Gasteiger partial charge in [-0.1, -0.05) is 47.7 Å². The van der Waals surface area contributed by atoms with Crippen LogP contribution in [0.2, 0.25) is 0 Å². The quantitative estimate of drug-likeness (QED) is 0.251. The Kier molecular flexibility index (Phi) is 8.23. The van der Waals surface area contributed by atoms with Crippen LogP contribution in [0.5, 0.6) is 0 Å². The molecule has 0 aliphatic carbocycles. The largest absolute Gasteiger partial charge is 0.242 e. The summed E-state index contributed by atoms with van der Waals surface area (Å²) in [5.74, 6) is 0.901. The van der Waals surface area contributed by atoms with E-state index in [4.69, 9.17) is 10.3 Å². The molecule has 0 aliphatic heterocycles. The van der Waals surface area contributed by atoms with Crippen LogP contribution in [0.15, 0.2) is 76.0 Å². The lowest BCUT2D eigenvalue weighted by molar-refractivity contribution is 0.984. The number of benzene rings is 2. The molecule has 0 radical (unpaired) electrons. The van der Waals surface area contributed by atoms with E-state index in [1.807, 2.05) is 30.3 Å². The van der Waals surface area contributed by atoms with Crippen molar-refractivity contribution >= 4 is 34.3 Å². The van der Waals surface area contributed by atoms with E-state index in [0.29, 0.717) is 6.42 Å². The molecule has 2 nitrogen and oxygen atoms in total. The highest BCUT2D eigenvalue weighted by Crippen LogP contribution is 2.21. The SMILES string of the molecule is Cc1ccc(N=C(C=CSc2ccccc2)SCCCC#N)cc1. The molecule has 4 heteroatoms. The Balaban J connectivity index is 2.04.